The number of carbonyl (C=O) groups excluding carboxylic acids is 2. The Kier molecular flexibility index (Phi) is 5.10. The maximum absolute atomic E-state index is 11.8. The Balaban J connectivity index is 1.99. The third-order valence-electron chi connectivity index (χ3n) is 3.93. The number of aromatic nitrogens is 2. The van der Waals surface area contributed by atoms with E-state index in [-0.39, 0.29) is 18.0 Å². The van der Waals surface area contributed by atoms with Crippen LogP contribution in [0.1, 0.15) is 23.7 Å². The van der Waals surface area contributed by atoms with Crippen LogP contribution in [0.15, 0.2) is 35.8 Å². The number of aldehydes is 1. The monoisotopic (exact) mass is 370 g/mol. The Labute approximate surface area is 153 Å². The first-order valence-electron chi connectivity index (χ1n) is 7.89. The van der Waals surface area contributed by atoms with E-state index in [1.165, 1.54) is 16.3 Å². The van der Waals surface area contributed by atoms with E-state index in [4.69, 9.17) is 11.6 Å². The summed E-state index contributed by atoms with van der Waals surface area (Å²) in [5, 5.41) is 7.35. The number of nitrogens with one attached hydrogen (secondary N) is 1. The molecule has 0 saturated heterocycles. The Morgan fingerprint density at radius 2 is 2.23 bits per heavy atom. The molecule has 3 heterocycles. The molecule has 9 heteroatoms. The van der Waals surface area contributed by atoms with Crippen molar-refractivity contribution in [2.45, 2.75) is 19.4 Å². The van der Waals surface area contributed by atoms with E-state index in [1.807, 2.05) is 24.4 Å². The van der Waals surface area contributed by atoms with Gasteiger partial charge in [0.05, 0.1) is 17.3 Å². The minimum Gasteiger partial charge on any atom is -0.365 e. The molecule has 0 aliphatic rings. The van der Waals surface area contributed by atoms with E-state index in [0.717, 1.165) is 22.2 Å². The number of hydrogen-bond donors (Lipinski definition) is 3. The molecule has 5 N–H and O–H groups in total. The molecule has 0 radical (unpaired) electrons. The van der Waals surface area contributed by atoms with Gasteiger partial charge in [0.2, 0.25) is 0 Å². The number of pyridine rings is 2. The van der Waals surface area contributed by atoms with Crippen molar-refractivity contribution in [1.82, 2.24) is 9.97 Å². The molecule has 0 aliphatic carbocycles. The second-order valence-corrected chi connectivity index (χ2v) is 6.58. The molecule has 1 amide bonds. The van der Waals surface area contributed by atoms with Crippen LogP contribution in [0.2, 0.25) is 0 Å². The van der Waals surface area contributed by atoms with Gasteiger partial charge in [-0.15, -0.1) is 11.3 Å². The van der Waals surface area contributed by atoms with E-state index < -0.39 is 5.91 Å². The summed E-state index contributed by atoms with van der Waals surface area (Å²) in [6, 6.07) is 6.68. The topological polar surface area (TPSA) is 127 Å². The van der Waals surface area contributed by atoms with Crippen LogP contribution in [0.25, 0.3) is 10.2 Å². The van der Waals surface area contributed by atoms with Crippen LogP contribution < -0.4 is 21.9 Å². The Hall–Kier alpha value is -3.04. The minimum absolute atomic E-state index is 0.238. The van der Waals surface area contributed by atoms with Crippen LogP contribution in [-0.2, 0) is 4.79 Å². The smallest absolute Gasteiger partial charge is 0.252 e. The maximum atomic E-state index is 11.8. The predicted molar refractivity (Wildman–Crippen MR) is 102 cm³/mol. The summed E-state index contributed by atoms with van der Waals surface area (Å²) in [6.07, 6.45) is 2.78. The number of nitrogens with zero attached hydrogens (tertiary/aromatic N) is 3. The third-order valence-corrected chi connectivity index (χ3v) is 4.83. The number of primary amides is 1. The van der Waals surface area contributed by atoms with Crippen molar-refractivity contribution in [3.8, 4) is 0 Å². The maximum Gasteiger partial charge on any atom is 0.252 e. The zero-order valence-electron chi connectivity index (χ0n) is 14.0. The van der Waals surface area contributed by atoms with E-state index in [9.17, 15) is 9.59 Å². The van der Waals surface area contributed by atoms with Gasteiger partial charge in [-0.1, -0.05) is 0 Å². The first-order chi connectivity index (χ1) is 12.5. The van der Waals surface area contributed by atoms with Crippen molar-refractivity contribution in [1.29, 1.82) is 0 Å². The summed E-state index contributed by atoms with van der Waals surface area (Å²) >= 11 is 1.48. The highest BCUT2D eigenvalue weighted by Gasteiger charge is 2.17. The van der Waals surface area contributed by atoms with E-state index >= 15 is 0 Å². The van der Waals surface area contributed by atoms with Gasteiger partial charge in [-0.05, 0) is 31.2 Å². The summed E-state index contributed by atoms with van der Waals surface area (Å²) < 4.78 is 0. The number of fused-ring (bicyclic) bond motifs is 1. The summed E-state index contributed by atoms with van der Waals surface area (Å²) in [7, 11) is 0. The molecule has 0 saturated carbocycles. The summed E-state index contributed by atoms with van der Waals surface area (Å²) in [5.74, 6) is 6.16. The lowest BCUT2D eigenvalue weighted by atomic mass is 10.2. The van der Waals surface area contributed by atoms with Gasteiger partial charge in [-0.2, -0.15) is 0 Å². The van der Waals surface area contributed by atoms with Crippen molar-refractivity contribution >= 4 is 51.1 Å². The van der Waals surface area contributed by atoms with Crippen molar-refractivity contribution in [2.24, 2.45) is 11.6 Å². The lowest BCUT2D eigenvalue weighted by Crippen LogP contribution is -2.40. The molecule has 0 unspecified atom stereocenters. The lowest BCUT2D eigenvalue weighted by molar-refractivity contribution is -0.108. The quantitative estimate of drug-likeness (QED) is 0.330. The van der Waals surface area contributed by atoms with Gasteiger partial charge in [-0.3, -0.25) is 9.80 Å². The number of thiophene rings is 1. The van der Waals surface area contributed by atoms with Crippen LogP contribution in [-0.4, -0.2) is 28.2 Å². The number of hydrogen-bond acceptors (Lipinski definition) is 8. The molecule has 8 nitrogen and oxygen atoms in total. The van der Waals surface area contributed by atoms with Crippen molar-refractivity contribution in [2.75, 3.05) is 10.3 Å². The second-order valence-electron chi connectivity index (χ2n) is 5.72. The van der Waals surface area contributed by atoms with E-state index in [0.29, 0.717) is 11.6 Å². The molecule has 0 bridgehead atoms. The number of rotatable bonds is 7. The fraction of sp³-hybridized carbons (Fsp3) is 0.176. The largest absolute Gasteiger partial charge is 0.365 e. The van der Waals surface area contributed by atoms with Gasteiger partial charge in [0.25, 0.3) is 5.91 Å². The van der Waals surface area contributed by atoms with Gasteiger partial charge in [0.15, 0.2) is 0 Å². The Bertz CT molecular complexity index is 957. The molecule has 3 rings (SSSR count). The van der Waals surface area contributed by atoms with Crippen molar-refractivity contribution < 1.29 is 9.59 Å². The summed E-state index contributed by atoms with van der Waals surface area (Å²) in [4.78, 5) is 32.1. The third kappa shape index (κ3) is 3.48. The molecule has 1 atom stereocenters. The minimum atomic E-state index is -0.603. The Morgan fingerprint density at radius 1 is 1.42 bits per heavy atom. The normalized spacial score (nSPS) is 11.9. The SMILES string of the molecule is C[C@H](CC=O)N(N)c1ccc(C(N)=O)c(Nc2csc3ncccc23)n1. The molecule has 0 spiro atoms. The summed E-state index contributed by atoms with van der Waals surface area (Å²) in [6.45, 7) is 1.81. The predicted octanol–water partition coefficient (Wildman–Crippen LogP) is 2.19. The van der Waals surface area contributed by atoms with Crippen LogP contribution in [0.5, 0.6) is 0 Å². The average molecular weight is 370 g/mol. The molecular formula is C17H18N6O2S. The molecule has 0 aromatic carbocycles. The number of carbonyl (C=O) groups is 2. The number of hydrazine groups is 1. The molecule has 26 heavy (non-hydrogen) atoms. The van der Waals surface area contributed by atoms with Gasteiger partial charge >= 0.3 is 0 Å². The van der Waals surface area contributed by atoms with Crippen molar-refractivity contribution in [3.05, 3.63) is 41.4 Å². The first-order valence-corrected chi connectivity index (χ1v) is 8.77. The Morgan fingerprint density at radius 3 is 2.96 bits per heavy atom. The van der Waals surface area contributed by atoms with Gasteiger partial charge in [0.1, 0.15) is 22.8 Å². The molecular weight excluding hydrogens is 352 g/mol. The molecule has 0 aliphatic heterocycles. The van der Waals surface area contributed by atoms with Crippen LogP contribution in [0, 0.1) is 0 Å². The van der Waals surface area contributed by atoms with Crippen molar-refractivity contribution in [3.63, 3.8) is 0 Å². The highest BCUT2D eigenvalue weighted by Crippen LogP contribution is 2.31. The zero-order valence-corrected chi connectivity index (χ0v) is 14.9. The number of anilines is 3. The fourth-order valence-corrected chi connectivity index (χ4v) is 3.30. The van der Waals surface area contributed by atoms with Gasteiger partial charge in [0, 0.05) is 23.4 Å². The first kappa shape index (κ1) is 17.8. The van der Waals surface area contributed by atoms with Crippen LogP contribution >= 0.6 is 11.3 Å². The molecule has 3 aromatic rings. The molecule has 0 fully saturated rings. The molecule has 134 valence electrons. The highest BCUT2D eigenvalue weighted by molar-refractivity contribution is 7.17. The fourth-order valence-electron chi connectivity index (χ4n) is 2.46. The highest BCUT2D eigenvalue weighted by atomic mass is 32.1. The zero-order chi connectivity index (χ0) is 18.7. The average Bonchev–Trinajstić information content (AvgIpc) is 3.04. The lowest BCUT2D eigenvalue weighted by Gasteiger charge is -2.24. The van der Waals surface area contributed by atoms with Crippen LogP contribution in [0.4, 0.5) is 17.3 Å². The van der Waals surface area contributed by atoms with E-state index in [1.54, 1.807) is 18.3 Å². The van der Waals surface area contributed by atoms with Gasteiger partial charge in [-0.25, -0.2) is 15.8 Å². The van der Waals surface area contributed by atoms with E-state index in [2.05, 4.69) is 15.3 Å². The summed E-state index contributed by atoms with van der Waals surface area (Å²) in [5.41, 5.74) is 6.49. The standard InChI is InChI=1S/C17H18N6O2S/c1-10(6-8-24)23(19)14-5-4-12(15(18)25)16(22-14)21-13-9-26-17-11(13)3-2-7-20-17/h2-5,7-10H,6,19H2,1H3,(H2,18,25)(H,21,22)/t10-/m1/s1. The molecule has 3 aromatic heterocycles. The second kappa shape index (κ2) is 7.46. The number of nitrogens with two attached hydrogens (primary N) is 2. The number of amides is 1. The van der Waals surface area contributed by atoms with Gasteiger partial charge < -0.3 is 15.8 Å². The van der Waals surface area contributed by atoms with Crippen LogP contribution in [0.3, 0.4) is 0 Å².